The zero-order chi connectivity index (χ0) is 20.4. The van der Waals surface area contributed by atoms with Crippen molar-refractivity contribution in [2.45, 2.75) is 36.1 Å². The van der Waals surface area contributed by atoms with Crippen LogP contribution in [0.5, 0.6) is 0 Å². The fourth-order valence-corrected chi connectivity index (χ4v) is 3.94. The number of carbonyl (C=O) groups excluding carboxylic acids is 1. The molecule has 0 radical (unpaired) electrons. The molecular formula is C21H20N6OS. The number of amides is 1. The second kappa shape index (κ2) is 8.05. The Morgan fingerprint density at radius 1 is 1.34 bits per heavy atom. The van der Waals surface area contributed by atoms with Crippen LogP contribution in [-0.4, -0.2) is 25.7 Å². The Morgan fingerprint density at radius 3 is 2.86 bits per heavy atom. The van der Waals surface area contributed by atoms with E-state index in [1.54, 1.807) is 30.2 Å². The molecule has 2 heterocycles. The van der Waals surface area contributed by atoms with Crippen LogP contribution in [0.4, 0.5) is 5.69 Å². The highest BCUT2D eigenvalue weighted by atomic mass is 32.2. The summed E-state index contributed by atoms with van der Waals surface area (Å²) in [5.41, 5.74) is 3.40. The van der Waals surface area contributed by atoms with Gasteiger partial charge in [-0.1, -0.05) is 23.9 Å². The number of benzene rings is 1. The molecule has 0 spiro atoms. The highest BCUT2D eigenvalue weighted by Gasteiger charge is 2.28. The Hall–Kier alpha value is -3.18. The zero-order valence-corrected chi connectivity index (χ0v) is 17.0. The van der Waals surface area contributed by atoms with E-state index in [-0.39, 0.29) is 11.2 Å². The smallest absolute Gasteiger partial charge is 0.274 e. The Kier molecular flexibility index (Phi) is 5.32. The lowest BCUT2D eigenvalue weighted by Gasteiger charge is -2.13. The minimum absolute atomic E-state index is 0.143. The molecule has 1 saturated carbocycles. The highest BCUT2D eigenvalue weighted by molar-refractivity contribution is 7.99. The van der Waals surface area contributed by atoms with Crippen LogP contribution < -0.4 is 5.32 Å². The molecule has 1 fully saturated rings. The lowest BCUT2D eigenvalue weighted by molar-refractivity contribution is 0.102. The summed E-state index contributed by atoms with van der Waals surface area (Å²) in [7, 11) is 1.91. The van der Waals surface area contributed by atoms with Gasteiger partial charge in [-0.15, -0.1) is 10.2 Å². The fourth-order valence-electron chi connectivity index (χ4n) is 3.03. The minimum Gasteiger partial charge on any atom is -0.321 e. The van der Waals surface area contributed by atoms with Crippen LogP contribution in [0.15, 0.2) is 47.9 Å². The molecule has 4 rings (SSSR count). The van der Waals surface area contributed by atoms with E-state index in [9.17, 15) is 10.1 Å². The molecule has 0 aliphatic heterocycles. The van der Waals surface area contributed by atoms with Crippen molar-refractivity contribution in [3.63, 3.8) is 0 Å². The lowest BCUT2D eigenvalue weighted by atomic mass is 10.1. The number of aromatic nitrogens is 4. The van der Waals surface area contributed by atoms with Gasteiger partial charge in [-0.3, -0.25) is 4.79 Å². The number of anilines is 1. The molecule has 1 atom stereocenters. The monoisotopic (exact) mass is 404 g/mol. The van der Waals surface area contributed by atoms with Gasteiger partial charge in [0, 0.05) is 23.9 Å². The summed E-state index contributed by atoms with van der Waals surface area (Å²) in [6.07, 6.45) is 3.72. The Morgan fingerprint density at radius 2 is 2.17 bits per heavy atom. The van der Waals surface area contributed by atoms with Crippen LogP contribution in [0.1, 0.15) is 58.2 Å². The quantitative estimate of drug-likeness (QED) is 0.622. The Labute approximate surface area is 173 Å². The van der Waals surface area contributed by atoms with Gasteiger partial charge >= 0.3 is 0 Å². The van der Waals surface area contributed by atoms with Gasteiger partial charge in [0.05, 0.1) is 11.3 Å². The zero-order valence-electron chi connectivity index (χ0n) is 16.2. The van der Waals surface area contributed by atoms with Gasteiger partial charge in [0.2, 0.25) is 0 Å². The predicted octanol–water partition coefficient (Wildman–Crippen LogP) is 4.06. The van der Waals surface area contributed by atoms with E-state index in [0.717, 1.165) is 29.3 Å². The summed E-state index contributed by atoms with van der Waals surface area (Å²) >= 11 is 1.60. The molecule has 8 heteroatoms. The number of nitrogens with one attached hydrogen (secondary N) is 1. The van der Waals surface area contributed by atoms with E-state index in [2.05, 4.69) is 33.5 Å². The summed E-state index contributed by atoms with van der Waals surface area (Å²) in [5.74, 6) is 0.0290. The minimum atomic E-state index is -0.276. The largest absolute Gasteiger partial charge is 0.321 e. The van der Waals surface area contributed by atoms with Gasteiger partial charge in [-0.2, -0.15) is 5.26 Å². The number of hydrogen-bond acceptors (Lipinski definition) is 6. The summed E-state index contributed by atoms with van der Waals surface area (Å²) < 4.78 is 1.88. The van der Waals surface area contributed by atoms with E-state index >= 15 is 0 Å². The van der Waals surface area contributed by atoms with Gasteiger partial charge in [0.15, 0.2) is 5.16 Å². The first-order chi connectivity index (χ1) is 14.0. The molecule has 0 saturated heterocycles. The van der Waals surface area contributed by atoms with Crippen LogP contribution in [0.2, 0.25) is 0 Å². The molecular weight excluding hydrogens is 384 g/mol. The van der Waals surface area contributed by atoms with Crippen molar-refractivity contribution in [3.8, 4) is 6.07 Å². The predicted molar refractivity (Wildman–Crippen MR) is 111 cm³/mol. The van der Waals surface area contributed by atoms with E-state index in [1.165, 1.54) is 0 Å². The van der Waals surface area contributed by atoms with Crippen LogP contribution in [0.3, 0.4) is 0 Å². The number of nitriles is 1. The van der Waals surface area contributed by atoms with Gasteiger partial charge in [0.25, 0.3) is 5.91 Å². The maximum absolute atomic E-state index is 12.7. The van der Waals surface area contributed by atoms with Crippen molar-refractivity contribution in [1.29, 1.82) is 5.26 Å². The summed E-state index contributed by atoms with van der Waals surface area (Å²) in [6, 6.07) is 13.2. The number of pyridine rings is 1. The van der Waals surface area contributed by atoms with Crippen molar-refractivity contribution in [1.82, 2.24) is 19.7 Å². The van der Waals surface area contributed by atoms with Gasteiger partial charge in [-0.05, 0) is 49.6 Å². The number of carbonyl (C=O) groups is 1. The summed E-state index contributed by atoms with van der Waals surface area (Å²) in [4.78, 5) is 17.2. The van der Waals surface area contributed by atoms with E-state index in [1.807, 2.05) is 35.9 Å². The average molecular weight is 404 g/mol. The first-order valence-electron chi connectivity index (χ1n) is 9.38. The third kappa shape index (κ3) is 4.30. The molecule has 146 valence electrons. The molecule has 0 bridgehead atoms. The van der Waals surface area contributed by atoms with E-state index in [0.29, 0.717) is 22.9 Å². The van der Waals surface area contributed by atoms with Gasteiger partial charge < -0.3 is 9.88 Å². The van der Waals surface area contributed by atoms with Crippen LogP contribution in [0, 0.1) is 11.3 Å². The molecule has 7 nitrogen and oxygen atoms in total. The number of thioether (sulfide) groups is 1. The van der Waals surface area contributed by atoms with Crippen LogP contribution >= 0.6 is 11.8 Å². The van der Waals surface area contributed by atoms with Gasteiger partial charge in [0.1, 0.15) is 18.1 Å². The fraction of sp³-hybridized carbons (Fsp3) is 0.286. The lowest BCUT2D eigenvalue weighted by Crippen LogP contribution is -2.15. The highest BCUT2D eigenvalue weighted by Crippen LogP contribution is 2.40. The number of hydrogen-bond donors (Lipinski definition) is 1. The molecule has 2 aromatic heterocycles. The Bertz CT molecular complexity index is 1100. The maximum atomic E-state index is 12.7. The molecule has 1 aromatic carbocycles. The Balaban J connectivity index is 1.49. The van der Waals surface area contributed by atoms with Crippen molar-refractivity contribution >= 4 is 23.4 Å². The molecule has 1 aliphatic rings. The molecule has 29 heavy (non-hydrogen) atoms. The first-order valence-corrected chi connectivity index (χ1v) is 10.3. The first kappa shape index (κ1) is 19.2. The second-order valence-electron chi connectivity index (χ2n) is 7.08. The molecule has 1 aliphatic carbocycles. The number of nitrogens with zero attached hydrogens (tertiary/aromatic N) is 5. The third-order valence-corrected chi connectivity index (χ3v) is 6.01. The SMILES string of the molecule is C[C@H](Sc1nncn1C)c1cccc(NC(=O)c2ccc(C#N)c(C3CC3)n2)c1. The van der Waals surface area contributed by atoms with Crippen LogP contribution in [0.25, 0.3) is 0 Å². The third-order valence-electron chi connectivity index (χ3n) is 4.81. The standard InChI is InChI=1S/C21H20N6OS/c1-13(29-21-26-23-12-27(21)2)15-4-3-5-17(10-15)24-20(28)18-9-8-16(11-22)19(25-18)14-6-7-14/h3-5,8-10,12-14H,6-7H2,1-2H3,(H,24,28)/t13-/m0/s1. The van der Waals surface area contributed by atoms with E-state index < -0.39 is 0 Å². The molecule has 1 amide bonds. The molecule has 0 unspecified atom stereocenters. The number of rotatable bonds is 6. The van der Waals surface area contributed by atoms with Crippen LogP contribution in [-0.2, 0) is 7.05 Å². The molecule has 3 aromatic rings. The van der Waals surface area contributed by atoms with Crippen molar-refractivity contribution in [3.05, 3.63) is 65.2 Å². The van der Waals surface area contributed by atoms with E-state index in [4.69, 9.17) is 0 Å². The second-order valence-corrected chi connectivity index (χ2v) is 8.39. The topological polar surface area (TPSA) is 96.5 Å². The normalized spacial score (nSPS) is 14.2. The average Bonchev–Trinajstić information content (AvgIpc) is 3.51. The van der Waals surface area contributed by atoms with Crippen molar-refractivity contribution < 1.29 is 4.79 Å². The summed E-state index contributed by atoms with van der Waals surface area (Å²) in [5, 5.41) is 21.2. The van der Waals surface area contributed by atoms with Gasteiger partial charge in [-0.25, -0.2) is 4.98 Å². The summed E-state index contributed by atoms with van der Waals surface area (Å²) in [6.45, 7) is 2.09. The maximum Gasteiger partial charge on any atom is 0.274 e. The molecule has 1 N–H and O–H groups in total. The van der Waals surface area contributed by atoms with Crippen molar-refractivity contribution in [2.75, 3.05) is 5.32 Å². The van der Waals surface area contributed by atoms with Crippen molar-refractivity contribution in [2.24, 2.45) is 7.05 Å². The number of aryl methyl sites for hydroxylation is 1.